The van der Waals surface area contributed by atoms with Crippen LogP contribution in [0.5, 0.6) is 0 Å². The molecule has 0 N–H and O–H groups in total. The van der Waals surface area contributed by atoms with Crippen LogP contribution in [0.1, 0.15) is 26.5 Å². The number of anilines is 1. The normalized spacial score (nSPS) is 17.6. The Morgan fingerprint density at radius 3 is 2.73 bits per heavy atom. The SMILES string of the molecule is O=C(c1cc2c(s1)CCC2)N1CCN(c2cnccn2)CC1. The maximum absolute atomic E-state index is 12.6. The summed E-state index contributed by atoms with van der Waals surface area (Å²) in [6, 6.07) is 2.12. The second-order valence-corrected chi connectivity index (χ2v) is 6.89. The van der Waals surface area contributed by atoms with Gasteiger partial charge in [0.15, 0.2) is 0 Å². The summed E-state index contributed by atoms with van der Waals surface area (Å²) in [7, 11) is 0. The lowest BCUT2D eigenvalue weighted by Gasteiger charge is -2.35. The van der Waals surface area contributed by atoms with Crippen LogP contribution in [0, 0.1) is 0 Å². The molecule has 5 nitrogen and oxygen atoms in total. The standard InChI is InChI=1S/C16H18N4OS/c21-16(14-10-12-2-1-3-13(12)22-14)20-8-6-19(7-9-20)15-11-17-4-5-18-15/h4-5,10-11H,1-3,6-9H2. The van der Waals surface area contributed by atoms with Gasteiger partial charge in [0.25, 0.3) is 5.91 Å². The average molecular weight is 314 g/mol. The van der Waals surface area contributed by atoms with E-state index in [1.807, 2.05) is 4.90 Å². The number of hydrogen-bond acceptors (Lipinski definition) is 5. The summed E-state index contributed by atoms with van der Waals surface area (Å²) in [4.78, 5) is 27.6. The van der Waals surface area contributed by atoms with Crippen LogP contribution in [0.2, 0.25) is 0 Å². The van der Waals surface area contributed by atoms with E-state index in [0.717, 1.165) is 49.7 Å². The lowest BCUT2D eigenvalue weighted by atomic mass is 10.2. The van der Waals surface area contributed by atoms with Gasteiger partial charge in [-0.25, -0.2) is 4.98 Å². The molecule has 0 bridgehead atoms. The fourth-order valence-electron chi connectivity index (χ4n) is 3.18. The van der Waals surface area contributed by atoms with E-state index >= 15 is 0 Å². The molecule has 2 aromatic heterocycles. The number of thiophene rings is 1. The minimum Gasteiger partial charge on any atom is -0.352 e. The van der Waals surface area contributed by atoms with Crippen LogP contribution in [0.15, 0.2) is 24.7 Å². The summed E-state index contributed by atoms with van der Waals surface area (Å²) in [5.41, 5.74) is 1.39. The molecule has 0 spiro atoms. The van der Waals surface area contributed by atoms with Gasteiger partial charge in [0.1, 0.15) is 5.82 Å². The fraction of sp³-hybridized carbons (Fsp3) is 0.438. The van der Waals surface area contributed by atoms with Crippen molar-refractivity contribution < 1.29 is 4.79 Å². The zero-order valence-electron chi connectivity index (χ0n) is 12.4. The fourth-order valence-corrected chi connectivity index (χ4v) is 4.40. The average Bonchev–Trinajstić information content (AvgIpc) is 3.17. The Morgan fingerprint density at radius 1 is 1.14 bits per heavy atom. The van der Waals surface area contributed by atoms with Crippen molar-refractivity contribution in [1.29, 1.82) is 0 Å². The highest BCUT2D eigenvalue weighted by Crippen LogP contribution is 2.31. The van der Waals surface area contributed by atoms with Crippen molar-refractivity contribution >= 4 is 23.1 Å². The molecule has 3 heterocycles. The molecular weight excluding hydrogens is 296 g/mol. The van der Waals surface area contributed by atoms with Gasteiger partial charge in [0, 0.05) is 43.4 Å². The van der Waals surface area contributed by atoms with E-state index in [4.69, 9.17) is 0 Å². The number of amides is 1. The third-order valence-corrected chi connectivity index (χ3v) is 5.62. The molecule has 6 heteroatoms. The van der Waals surface area contributed by atoms with Crippen molar-refractivity contribution in [2.24, 2.45) is 0 Å². The molecule has 1 amide bonds. The molecule has 22 heavy (non-hydrogen) atoms. The number of hydrogen-bond donors (Lipinski definition) is 0. The van der Waals surface area contributed by atoms with E-state index < -0.39 is 0 Å². The zero-order valence-corrected chi connectivity index (χ0v) is 13.2. The molecule has 2 aliphatic rings. The number of carbonyl (C=O) groups excluding carboxylic acids is 1. The third kappa shape index (κ3) is 2.47. The minimum absolute atomic E-state index is 0.193. The quantitative estimate of drug-likeness (QED) is 0.850. The lowest BCUT2D eigenvalue weighted by Crippen LogP contribution is -2.48. The molecule has 1 saturated heterocycles. The topological polar surface area (TPSA) is 49.3 Å². The van der Waals surface area contributed by atoms with Gasteiger partial charge in [0.2, 0.25) is 0 Å². The molecule has 0 unspecified atom stereocenters. The summed E-state index contributed by atoms with van der Waals surface area (Å²) in [6.07, 6.45) is 8.69. The maximum atomic E-state index is 12.6. The van der Waals surface area contributed by atoms with Crippen LogP contribution in [-0.2, 0) is 12.8 Å². The van der Waals surface area contributed by atoms with Gasteiger partial charge in [-0.2, -0.15) is 0 Å². The van der Waals surface area contributed by atoms with Crippen molar-refractivity contribution in [3.8, 4) is 0 Å². The number of fused-ring (bicyclic) bond motifs is 1. The molecule has 1 fully saturated rings. The summed E-state index contributed by atoms with van der Waals surface area (Å²) in [5, 5.41) is 0. The van der Waals surface area contributed by atoms with E-state index in [2.05, 4.69) is 20.9 Å². The van der Waals surface area contributed by atoms with E-state index in [-0.39, 0.29) is 5.91 Å². The lowest BCUT2D eigenvalue weighted by molar-refractivity contribution is 0.0751. The number of carbonyl (C=O) groups is 1. The van der Waals surface area contributed by atoms with Crippen LogP contribution in [-0.4, -0.2) is 47.0 Å². The molecule has 0 saturated carbocycles. The van der Waals surface area contributed by atoms with E-state index in [1.165, 1.54) is 16.9 Å². The van der Waals surface area contributed by atoms with Gasteiger partial charge >= 0.3 is 0 Å². The molecule has 1 aliphatic carbocycles. The van der Waals surface area contributed by atoms with Crippen LogP contribution >= 0.6 is 11.3 Å². The summed E-state index contributed by atoms with van der Waals surface area (Å²) in [5.74, 6) is 1.09. The van der Waals surface area contributed by atoms with Crippen molar-refractivity contribution in [3.63, 3.8) is 0 Å². The summed E-state index contributed by atoms with van der Waals surface area (Å²) in [6.45, 7) is 3.13. The first-order chi connectivity index (χ1) is 10.8. The van der Waals surface area contributed by atoms with Gasteiger partial charge in [-0.3, -0.25) is 9.78 Å². The second-order valence-electron chi connectivity index (χ2n) is 5.76. The monoisotopic (exact) mass is 314 g/mol. The number of aromatic nitrogens is 2. The smallest absolute Gasteiger partial charge is 0.264 e. The molecule has 0 aromatic carbocycles. The minimum atomic E-state index is 0.193. The van der Waals surface area contributed by atoms with Crippen molar-refractivity contribution in [1.82, 2.24) is 14.9 Å². The van der Waals surface area contributed by atoms with Crippen LogP contribution < -0.4 is 4.90 Å². The molecule has 1 aliphatic heterocycles. The highest BCUT2D eigenvalue weighted by atomic mass is 32.1. The highest BCUT2D eigenvalue weighted by molar-refractivity contribution is 7.14. The van der Waals surface area contributed by atoms with Crippen molar-refractivity contribution in [2.75, 3.05) is 31.1 Å². The Balaban J connectivity index is 1.41. The van der Waals surface area contributed by atoms with Gasteiger partial charge in [-0.05, 0) is 30.9 Å². The van der Waals surface area contributed by atoms with Gasteiger partial charge < -0.3 is 9.80 Å². The van der Waals surface area contributed by atoms with Crippen molar-refractivity contribution in [2.45, 2.75) is 19.3 Å². The van der Waals surface area contributed by atoms with Gasteiger partial charge in [-0.1, -0.05) is 0 Å². The van der Waals surface area contributed by atoms with Crippen molar-refractivity contribution in [3.05, 3.63) is 40.0 Å². The Hall–Kier alpha value is -1.95. The molecule has 114 valence electrons. The van der Waals surface area contributed by atoms with Gasteiger partial charge in [0.05, 0.1) is 11.1 Å². The Bertz CT molecular complexity index is 655. The molecular formula is C16H18N4OS. The van der Waals surface area contributed by atoms with E-state index in [9.17, 15) is 4.79 Å². The van der Waals surface area contributed by atoms with Gasteiger partial charge in [-0.15, -0.1) is 11.3 Å². The predicted octanol–water partition coefficient (Wildman–Crippen LogP) is 1.99. The number of rotatable bonds is 2. The summed E-state index contributed by atoms with van der Waals surface area (Å²) < 4.78 is 0. The second kappa shape index (κ2) is 5.68. The largest absolute Gasteiger partial charge is 0.352 e. The van der Waals surface area contributed by atoms with Crippen LogP contribution in [0.25, 0.3) is 0 Å². The van der Waals surface area contributed by atoms with E-state index in [0.29, 0.717) is 0 Å². The first-order valence-corrected chi connectivity index (χ1v) is 8.55. The highest BCUT2D eigenvalue weighted by Gasteiger charge is 2.25. The van der Waals surface area contributed by atoms with Crippen LogP contribution in [0.3, 0.4) is 0 Å². The number of nitrogens with zero attached hydrogens (tertiary/aromatic N) is 4. The molecule has 4 rings (SSSR count). The summed E-state index contributed by atoms with van der Waals surface area (Å²) >= 11 is 1.69. The third-order valence-electron chi connectivity index (χ3n) is 4.40. The Kier molecular flexibility index (Phi) is 3.54. The molecule has 0 radical (unpaired) electrons. The Morgan fingerprint density at radius 2 is 2.00 bits per heavy atom. The number of aryl methyl sites for hydroxylation is 2. The number of piperazine rings is 1. The molecule has 2 aromatic rings. The Labute approximate surface area is 133 Å². The van der Waals surface area contributed by atoms with Crippen LogP contribution in [0.4, 0.5) is 5.82 Å². The molecule has 0 atom stereocenters. The first-order valence-electron chi connectivity index (χ1n) is 7.73. The predicted molar refractivity (Wildman–Crippen MR) is 86.5 cm³/mol. The first kappa shape index (κ1) is 13.7. The van der Waals surface area contributed by atoms with E-state index in [1.54, 1.807) is 29.9 Å². The zero-order chi connectivity index (χ0) is 14.9. The maximum Gasteiger partial charge on any atom is 0.264 e.